The highest BCUT2D eigenvalue weighted by Crippen LogP contribution is 2.13. The zero-order chi connectivity index (χ0) is 10.8. The Bertz CT molecular complexity index is 506. The van der Waals surface area contributed by atoms with Crippen LogP contribution in [0.1, 0.15) is 17.3 Å². The normalized spacial score (nSPS) is 12.7. The van der Waals surface area contributed by atoms with Crippen LogP contribution < -0.4 is 5.73 Å². The Morgan fingerprint density at radius 2 is 2.20 bits per heavy atom. The summed E-state index contributed by atoms with van der Waals surface area (Å²) in [5, 5.41) is 0.931. The Balaban J connectivity index is 2.52. The summed E-state index contributed by atoms with van der Waals surface area (Å²) in [5.41, 5.74) is 6.79. The molecule has 75 valence electrons. The number of hydrogen-bond donors (Lipinski definition) is 1. The molecule has 0 fully saturated rings. The second-order valence-corrected chi connectivity index (χ2v) is 3.49. The minimum atomic E-state index is -0.510. The summed E-state index contributed by atoms with van der Waals surface area (Å²) in [6.07, 6.45) is 2.71. The van der Waals surface area contributed by atoms with Crippen molar-refractivity contribution in [3.8, 4) is 0 Å². The standard InChI is InChI=1S/C12H11N2O/c1-8(13)12(15)10-6-9-4-2-3-5-11(9)14-7-10/h2-6,8H,13H2,1H3/t8-/m0/s1. The van der Waals surface area contributed by atoms with Crippen LogP contribution in [0.4, 0.5) is 0 Å². The first-order chi connectivity index (χ1) is 7.18. The third kappa shape index (κ3) is 1.87. The van der Waals surface area contributed by atoms with Crippen molar-refractivity contribution in [3.63, 3.8) is 0 Å². The number of carbonyl (C=O) groups is 1. The molecule has 1 atom stereocenters. The van der Waals surface area contributed by atoms with E-state index in [4.69, 9.17) is 5.73 Å². The van der Waals surface area contributed by atoms with E-state index in [0.29, 0.717) is 5.56 Å². The van der Waals surface area contributed by atoms with Gasteiger partial charge in [-0.25, -0.2) is 4.98 Å². The number of para-hydroxylation sites is 1. The maximum Gasteiger partial charge on any atom is 0.181 e. The molecule has 2 rings (SSSR count). The first-order valence-electron chi connectivity index (χ1n) is 4.76. The number of hydrogen-bond acceptors (Lipinski definition) is 3. The van der Waals surface area contributed by atoms with E-state index in [1.807, 2.05) is 24.3 Å². The number of nitrogens with two attached hydrogens (primary N) is 1. The SMILES string of the molecule is C[C@H](N)C(=O)c1[c]nc2ccccc2c1. The van der Waals surface area contributed by atoms with Gasteiger partial charge in [-0.3, -0.25) is 4.79 Å². The van der Waals surface area contributed by atoms with E-state index in [2.05, 4.69) is 11.2 Å². The molecule has 15 heavy (non-hydrogen) atoms. The van der Waals surface area contributed by atoms with Gasteiger partial charge in [0, 0.05) is 10.9 Å². The highest BCUT2D eigenvalue weighted by atomic mass is 16.1. The summed E-state index contributed by atoms with van der Waals surface area (Å²) >= 11 is 0. The molecule has 0 bridgehead atoms. The second-order valence-electron chi connectivity index (χ2n) is 3.49. The first kappa shape index (κ1) is 9.80. The predicted molar refractivity (Wildman–Crippen MR) is 58.6 cm³/mol. The van der Waals surface area contributed by atoms with Crippen LogP contribution >= 0.6 is 0 Å². The van der Waals surface area contributed by atoms with Crippen molar-refractivity contribution in [2.75, 3.05) is 0 Å². The number of rotatable bonds is 2. The van der Waals surface area contributed by atoms with E-state index in [1.54, 1.807) is 13.0 Å². The molecule has 3 heteroatoms. The summed E-state index contributed by atoms with van der Waals surface area (Å²) in [6.45, 7) is 1.66. The molecular weight excluding hydrogens is 188 g/mol. The van der Waals surface area contributed by atoms with Gasteiger partial charge in [0.25, 0.3) is 0 Å². The maximum absolute atomic E-state index is 11.6. The third-order valence-corrected chi connectivity index (χ3v) is 2.21. The van der Waals surface area contributed by atoms with Crippen molar-refractivity contribution >= 4 is 16.7 Å². The van der Waals surface area contributed by atoms with E-state index in [0.717, 1.165) is 10.9 Å². The molecule has 0 amide bonds. The molecule has 2 aromatic rings. The van der Waals surface area contributed by atoms with Crippen molar-refractivity contribution in [2.24, 2.45) is 5.73 Å². The molecule has 1 aromatic heterocycles. The molecule has 0 unspecified atom stereocenters. The molecule has 1 aromatic carbocycles. The van der Waals surface area contributed by atoms with Crippen LogP contribution in [-0.4, -0.2) is 16.8 Å². The zero-order valence-corrected chi connectivity index (χ0v) is 8.40. The van der Waals surface area contributed by atoms with Crippen molar-refractivity contribution in [2.45, 2.75) is 13.0 Å². The molecule has 0 spiro atoms. The maximum atomic E-state index is 11.6. The van der Waals surface area contributed by atoms with Crippen LogP contribution in [0.15, 0.2) is 30.3 Å². The fraction of sp³-hybridized carbons (Fsp3) is 0.167. The van der Waals surface area contributed by atoms with E-state index >= 15 is 0 Å². The molecule has 0 aliphatic heterocycles. The topological polar surface area (TPSA) is 56.0 Å². The highest BCUT2D eigenvalue weighted by Gasteiger charge is 2.11. The monoisotopic (exact) mass is 199 g/mol. The average Bonchev–Trinajstić information content (AvgIpc) is 2.27. The predicted octanol–water partition coefficient (Wildman–Crippen LogP) is 1.56. The molecule has 0 aliphatic carbocycles. The summed E-state index contributed by atoms with van der Waals surface area (Å²) < 4.78 is 0. The van der Waals surface area contributed by atoms with Crippen LogP contribution in [0, 0.1) is 6.20 Å². The number of aromatic nitrogens is 1. The third-order valence-electron chi connectivity index (χ3n) is 2.21. The van der Waals surface area contributed by atoms with Crippen LogP contribution in [0.5, 0.6) is 0 Å². The fourth-order valence-corrected chi connectivity index (χ4v) is 1.39. The van der Waals surface area contributed by atoms with E-state index in [9.17, 15) is 4.79 Å². The van der Waals surface area contributed by atoms with Gasteiger partial charge >= 0.3 is 0 Å². The van der Waals surface area contributed by atoms with Crippen molar-refractivity contribution < 1.29 is 4.79 Å². The highest BCUT2D eigenvalue weighted by molar-refractivity contribution is 6.01. The number of nitrogens with zero attached hydrogens (tertiary/aromatic N) is 1. The van der Waals surface area contributed by atoms with Gasteiger partial charge in [-0.1, -0.05) is 18.2 Å². The Morgan fingerprint density at radius 3 is 2.93 bits per heavy atom. The Kier molecular flexibility index (Phi) is 2.47. The molecule has 3 nitrogen and oxygen atoms in total. The largest absolute Gasteiger partial charge is 0.321 e. The van der Waals surface area contributed by atoms with Gasteiger partial charge in [-0.05, 0) is 19.1 Å². The lowest BCUT2D eigenvalue weighted by atomic mass is 10.1. The van der Waals surface area contributed by atoms with E-state index in [1.165, 1.54) is 0 Å². The Labute approximate surface area is 87.9 Å². The summed E-state index contributed by atoms with van der Waals surface area (Å²) in [7, 11) is 0. The van der Waals surface area contributed by atoms with Crippen LogP contribution in [-0.2, 0) is 0 Å². The molecular formula is C12H11N2O. The summed E-state index contributed by atoms with van der Waals surface area (Å²) in [5.74, 6) is -0.131. The number of carbonyl (C=O) groups excluding carboxylic acids is 1. The number of pyridine rings is 1. The molecule has 2 N–H and O–H groups in total. The molecule has 0 saturated carbocycles. The second kappa shape index (κ2) is 3.79. The van der Waals surface area contributed by atoms with Gasteiger partial charge < -0.3 is 5.73 Å². The van der Waals surface area contributed by atoms with Gasteiger partial charge in [0.2, 0.25) is 0 Å². The molecule has 0 saturated heterocycles. The molecule has 1 radical (unpaired) electrons. The number of fused-ring (bicyclic) bond motifs is 1. The summed E-state index contributed by atoms with van der Waals surface area (Å²) in [6, 6.07) is 8.86. The van der Waals surface area contributed by atoms with Gasteiger partial charge in [0.05, 0.1) is 11.6 Å². The number of Topliss-reactive ketones (excluding diaryl/α,β-unsaturated/α-hetero) is 1. The summed E-state index contributed by atoms with van der Waals surface area (Å²) in [4.78, 5) is 15.7. The van der Waals surface area contributed by atoms with Gasteiger partial charge in [0.1, 0.15) is 6.20 Å². The molecule has 0 aliphatic rings. The van der Waals surface area contributed by atoms with E-state index < -0.39 is 6.04 Å². The fourth-order valence-electron chi connectivity index (χ4n) is 1.39. The van der Waals surface area contributed by atoms with Crippen LogP contribution in [0.25, 0.3) is 10.9 Å². The van der Waals surface area contributed by atoms with Gasteiger partial charge in [0.15, 0.2) is 5.78 Å². The van der Waals surface area contributed by atoms with Crippen molar-refractivity contribution in [3.05, 3.63) is 42.1 Å². The van der Waals surface area contributed by atoms with Crippen LogP contribution in [0.3, 0.4) is 0 Å². The minimum Gasteiger partial charge on any atom is -0.321 e. The Hall–Kier alpha value is -1.74. The van der Waals surface area contributed by atoms with E-state index in [-0.39, 0.29) is 5.78 Å². The molecule has 1 heterocycles. The first-order valence-corrected chi connectivity index (χ1v) is 4.76. The lowest BCUT2D eigenvalue weighted by molar-refractivity contribution is 0.0967. The smallest absolute Gasteiger partial charge is 0.181 e. The van der Waals surface area contributed by atoms with Crippen molar-refractivity contribution in [1.29, 1.82) is 0 Å². The minimum absolute atomic E-state index is 0.131. The lowest BCUT2D eigenvalue weighted by Gasteiger charge is -2.04. The van der Waals surface area contributed by atoms with Gasteiger partial charge in [-0.2, -0.15) is 0 Å². The van der Waals surface area contributed by atoms with Gasteiger partial charge in [-0.15, -0.1) is 0 Å². The number of ketones is 1. The number of benzene rings is 1. The van der Waals surface area contributed by atoms with Crippen molar-refractivity contribution in [1.82, 2.24) is 4.98 Å². The average molecular weight is 199 g/mol. The van der Waals surface area contributed by atoms with Crippen LogP contribution in [0.2, 0.25) is 0 Å². The zero-order valence-electron chi connectivity index (χ0n) is 8.40. The quantitative estimate of drug-likeness (QED) is 0.747. The Morgan fingerprint density at radius 1 is 1.47 bits per heavy atom. The lowest BCUT2D eigenvalue weighted by Crippen LogP contribution is -2.26.